The summed E-state index contributed by atoms with van der Waals surface area (Å²) in [6.07, 6.45) is 4.77. The van der Waals surface area contributed by atoms with E-state index in [-0.39, 0.29) is 0 Å². The standard InChI is InChI=1S/C13H11Br2N2P/c14-18(15)13-6-12(7-16)9-17(10-13)8-11-4-2-1-3-5-11/h1-5,9-10H,6,8H2. The lowest BCUT2D eigenvalue weighted by Crippen LogP contribution is -2.14. The third-order valence-electron chi connectivity index (χ3n) is 2.58. The highest BCUT2D eigenvalue weighted by atomic mass is 79.9. The number of nitriles is 1. The number of hydrogen-bond acceptors (Lipinski definition) is 2. The lowest BCUT2D eigenvalue weighted by molar-refractivity contribution is 0.488. The molecule has 0 spiro atoms. The number of hydrogen-bond donors (Lipinski definition) is 0. The second kappa shape index (κ2) is 6.52. The van der Waals surface area contributed by atoms with Crippen molar-refractivity contribution in [2.75, 3.05) is 0 Å². The molecule has 0 aromatic heterocycles. The zero-order chi connectivity index (χ0) is 13.0. The first-order chi connectivity index (χ1) is 8.69. The molecule has 0 unspecified atom stereocenters. The molecule has 1 aromatic carbocycles. The van der Waals surface area contributed by atoms with Crippen molar-refractivity contribution in [3.8, 4) is 6.07 Å². The first-order valence-corrected chi connectivity index (χ1v) is 10.8. The molecule has 1 aliphatic rings. The molecular formula is C13H11Br2N2P. The average molecular weight is 386 g/mol. The first kappa shape index (κ1) is 13.8. The smallest absolute Gasteiger partial charge is 0.0966 e. The highest BCUT2D eigenvalue weighted by Crippen LogP contribution is 2.61. The van der Waals surface area contributed by atoms with Crippen molar-refractivity contribution in [2.24, 2.45) is 0 Å². The van der Waals surface area contributed by atoms with E-state index in [2.05, 4.69) is 60.3 Å². The Kier molecular flexibility index (Phi) is 5.00. The van der Waals surface area contributed by atoms with Crippen LogP contribution in [-0.4, -0.2) is 4.90 Å². The fraction of sp³-hybridized carbons (Fsp3) is 0.154. The minimum absolute atomic E-state index is 0.500. The van der Waals surface area contributed by atoms with E-state index >= 15 is 0 Å². The van der Waals surface area contributed by atoms with Crippen molar-refractivity contribution >= 4 is 36.3 Å². The van der Waals surface area contributed by atoms with Gasteiger partial charge in [-0.3, -0.25) is 0 Å². The van der Waals surface area contributed by atoms with Crippen molar-refractivity contribution < 1.29 is 0 Å². The van der Waals surface area contributed by atoms with Gasteiger partial charge in [0.2, 0.25) is 0 Å². The zero-order valence-corrected chi connectivity index (χ0v) is 13.6. The van der Waals surface area contributed by atoms with Crippen molar-refractivity contribution in [3.63, 3.8) is 0 Å². The zero-order valence-electron chi connectivity index (χ0n) is 9.55. The molecule has 0 radical (unpaired) electrons. The van der Waals surface area contributed by atoms with E-state index in [1.807, 2.05) is 24.4 Å². The molecular weight excluding hydrogens is 375 g/mol. The average Bonchev–Trinajstić information content (AvgIpc) is 2.39. The van der Waals surface area contributed by atoms with Crippen LogP contribution in [0.15, 0.2) is 53.6 Å². The Hall–Kier alpha value is -0.620. The number of nitrogens with zero attached hydrogens (tertiary/aromatic N) is 2. The Balaban J connectivity index is 2.18. The van der Waals surface area contributed by atoms with Gasteiger partial charge >= 0.3 is 0 Å². The number of allylic oxidation sites excluding steroid dienone is 2. The van der Waals surface area contributed by atoms with Gasteiger partial charge in [0.15, 0.2) is 0 Å². The molecule has 1 aliphatic heterocycles. The lowest BCUT2D eigenvalue weighted by Gasteiger charge is -2.23. The van der Waals surface area contributed by atoms with Crippen LogP contribution in [0, 0.1) is 11.3 Å². The van der Waals surface area contributed by atoms with E-state index in [1.54, 1.807) is 0 Å². The molecule has 18 heavy (non-hydrogen) atoms. The van der Waals surface area contributed by atoms with E-state index in [0.29, 0.717) is 0 Å². The molecule has 5 heteroatoms. The molecule has 0 aliphatic carbocycles. The van der Waals surface area contributed by atoms with Crippen LogP contribution >= 0.6 is 36.3 Å². The van der Waals surface area contributed by atoms with Gasteiger partial charge < -0.3 is 4.90 Å². The minimum Gasteiger partial charge on any atom is -0.349 e. The normalized spacial score (nSPS) is 15.1. The Labute approximate surface area is 124 Å². The quantitative estimate of drug-likeness (QED) is 0.665. The third-order valence-corrected chi connectivity index (χ3v) is 6.02. The summed E-state index contributed by atoms with van der Waals surface area (Å²) in [7, 11) is 0. The summed E-state index contributed by atoms with van der Waals surface area (Å²) in [5, 5.41) is 9.80. The summed E-state index contributed by atoms with van der Waals surface area (Å²) in [4.78, 5) is 2.07. The molecule has 0 fully saturated rings. The van der Waals surface area contributed by atoms with Crippen LogP contribution in [0.1, 0.15) is 12.0 Å². The maximum atomic E-state index is 9.08. The lowest BCUT2D eigenvalue weighted by atomic mass is 10.1. The molecule has 0 saturated carbocycles. The fourth-order valence-electron chi connectivity index (χ4n) is 1.77. The summed E-state index contributed by atoms with van der Waals surface area (Å²) >= 11 is 7.11. The summed E-state index contributed by atoms with van der Waals surface area (Å²) in [5.41, 5.74) is 2.03. The highest BCUT2D eigenvalue weighted by molar-refractivity contribution is 9.70. The second-order valence-corrected chi connectivity index (χ2v) is 12.1. The van der Waals surface area contributed by atoms with Crippen LogP contribution in [0.2, 0.25) is 0 Å². The van der Waals surface area contributed by atoms with Crippen LogP contribution in [-0.2, 0) is 6.54 Å². The molecule has 1 aromatic rings. The fourth-order valence-corrected chi connectivity index (χ4v) is 3.60. The molecule has 0 saturated heterocycles. The van der Waals surface area contributed by atoms with E-state index in [0.717, 1.165) is 18.5 Å². The van der Waals surface area contributed by atoms with Crippen molar-refractivity contribution in [3.05, 3.63) is 59.2 Å². The molecule has 2 nitrogen and oxygen atoms in total. The van der Waals surface area contributed by atoms with E-state index < -0.39 is 5.33 Å². The van der Waals surface area contributed by atoms with Gasteiger partial charge in [0.1, 0.15) is 0 Å². The van der Waals surface area contributed by atoms with Crippen LogP contribution in [0.3, 0.4) is 0 Å². The van der Waals surface area contributed by atoms with Gasteiger partial charge in [-0.2, -0.15) is 5.26 Å². The van der Waals surface area contributed by atoms with Crippen molar-refractivity contribution in [1.29, 1.82) is 5.26 Å². The Morgan fingerprint density at radius 3 is 2.56 bits per heavy atom. The molecule has 0 N–H and O–H groups in total. The maximum Gasteiger partial charge on any atom is 0.0966 e. The summed E-state index contributed by atoms with van der Waals surface area (Å²) in [5.74, 6) is 0. The summed E-state index contributed by atoms with van der Waals surface area (Å²) in [6.45, 7) is 0.790. The van der Waals surface area contributed by atoms with Crippen molar-refractivity contribution in [1.82, 2.24) is 4.90 Å². The summed E-state index contributed by atoms with van der Waals surface area (Å²) in [6, 6.07) is 12.5. The number of halogens is 2. The summed E-state index contributed by atoms with van der Waals surface area (Å²) < 4.78 is 0. The van der Waals surface area contributed by atoms with Crippen LogP contribution < -0.4 is 0 Å². The highest BCUT2D eigenvalue weighted by Gasteiger charge is 2.16. The van der Waals surface area contributed by atoms with E-state index in [4.69, 9.17) is 5.26 Å². The number of benzene rings is 1. The molecule has 0 bridgehead atoms. The predicted molar refractivity (Wildman–Crippen MR) is 83.2 cm³/mol. The minimum atomic E-state index is -0.500. The Morgan fingerprint density at radius 2 is 1.94 bits per heavy atom. The van der Waals surface area contributed by atoms with Crippen LogP contribution in [0.5, 0.6) is 0 Å². The van der Waals surface area contributed by atoms with Crippen LogP contribution in [0.4, 0.5) is 0 Å². The molecule has 1 heterocycles. The molecule has 0 atom stereocenters. The Morgan fingerprint density at radius 1 is 1.22 bits per heavy atom. The predicted octanol–water partition coefficient (Wildman–Crippen LogP) is 5.24. The molecule has 92 valence electrons. The van der Waals surface area contributed by atoms with E-state index in [1.165, 1.54) is 10.9 Å². The largest absolute Gasteiger partial charge is 0.349 e. The van der Waals surface area contributed by atoms with Gasteiger partial charge in [0.05, 0.1) is 17.0 Å². The monoisotopic (exact) mass is 384 g/mol. The van der Waals surface area contributed by atoms with Gasteiger partial charge in [-0.05, 0) is 41.9 Å². The van der Waals surface area contributed by atoms with Gasteiger partial charge in [-0.1, -0.05) is 30.3 Å². The third kappa shape index (κ3) is 3.68. The molecule has 2 rings (SSSR count). The van der Waals surface area contributed by atoms with Gasteiger partial charge in [0.25, 0.3) is 0 Å². The van der Waals surface area contributed by atoms with Gasteiger partial charge in [-0.15, -0.1) is 0 Å². The maximum absolute atomic E-state index is 9.08. The van der Waals surface area contributed by atoms with Crippen LogP contribution in [0.25, 0.3) is 0 Å². The SMILES string of the molecule is N#CC1=CN(Cc2ccccc2)C=C(P(Br)Br)C1. The topological polar surface area (TPSA) is 27.0 Å². The Bertz CT molecular complexity index is 518. The van der Waals surface area contributed by atoms with Gasteiger partial charge in [-0.25, -0.2) is 0 Å². The number of rotatable bonds is 3. The second-order valence-electron chi connectivity index (χ2n) is 3.95. The van der Waals surface area contributed by atoms with Gasteiger partial charge in [0, 0.05) is 25.4 Å². The van der Waals surface area contributed by atoms with E-state index in [9.17, 15) is 0 Å². The molecule has 0 amide bonds. The first-order valence-electron chi connectivity index (χ1n) is 5.42. The van der Waals surface area contributed by atoms with Crippen molar-refractivity contribution in [2.45, 2.75) is 13.0 Å².